The maximum absolute atomic E-state index is 13.9. The van der Waals surface area contributed by atoms with Crippen LogP contribution in [0.2, 0.25) is 5.02 Å². The first-order chi connectivity index (χ1) is 14.3. The fourth-order valence-electron chi connectivity index (χ4n) is 2.95. The Morgan fingerprint density at radius 3 is 2.57 bits per heavy atom. The molecule has 30 heavy (non-hydrogen) atoms. The number of carbonyl (C=O) groups excluding carboxylic acids is 2. The van der Waals surface area contributed by atoms with Gasteiger partial charge in [0.05, 0.1) is 13.0 Å². The summed E-state index contributed by atoms with van der Waals surface area (Å²) in [4.78, 5) is 25.5. The number of amides is 1. The van der Waals surface area contributed by atoms with E-state index in [0.29, 0.717) is 16.0 Å². The smallest absolute Gasteiger partial charge is 0.354 e. The molecular weight excluding hydrogens is 427 g/mol. The molecule has 0 unspecified atom stereocenters. The third-order valence-corrected chi connectivity index (χ3v) is 5.93. The van der Waals surface area contributed by atoms with Crippen LogP contribution in [0.15, 0.2) is 47.6 Å². The lowest BCUT2D eigenvalue weighted by molar-refractivity contribution is -0.135. The van der Waals surface area contributed by atoms with Crippen LogP contribution in [0.25, 0.3) is 20.5 Å². The maximum atomic E-state index is 13.9. The lowest BCUT2D eigenvalue weighted by Crippen LogP contribution is -2.26. The summed E-state index contributed by atoms with van der Waals surface area (Å²) in [6, 6.07) is 11.8. The van der Waals surface area contributed by atoms with Gasteiger partial charge in [-0.2, -0.15) is 5.10 Å². The summed E-state index contributed by atoms with van der Waals surface area (Å²) in [5.41, 5.74) is 1.67. The molecule has 1 aromatic heterocycles. The highest BCUT2D eigenvalue weighted by Gasteiger charge is 2.20. The number of hydrogen-bond donors (Lipinski definition) is 0. The van der Waals surface area contributed by atoms with Crippen molar-refractivity contribution in [3.05, 3.63) is 58.9 Å². The van der Waals surface area contributed by atoms with Gasteiger partial charge in [-0.25, -0.2) is 14.2 Å². The number of hydrogen-bond acceptors (Lipinski definition) is 5. The number of hydrazone groups is 1. The van der Waals surface area contributed by atoms with Crippen LogP contribution in [0.5, 0.6) is 0 Å². The van der Waals surface area contributed by atoms with Crippen molar-refractivity contribution in [1.29, 1.82) is 0 Å². The van der Waals surface area contributed by atoms with Crippen molar-refractivity contribution < 1.29 is 18.7 Å². The summed E-state index contributed by atoms with van der Waals surface area (Å²) in [5, 5.41) is 6.42. The first kappa shape index (κ1) is 21.9. The van der Waals surface area contributed by atoms with Gasteiger partial charge in [-0.15, -0.1) is 11.3 Å². The number of likely N-dealkylation sites (N-methyl/N-ethyl adjacent to an activating group) is 1. The predicted molar refractivity (Wildman–Crippen MR) is 118 cm³/mol. The molecule has 2 aromatic carbocycles. The minimum atomic E-state index is -0.581. The Bertz CT molecular complexity index is 1130. The van der Waals surface area contributed by atoms with Crippen molar-refractivity contribution >= 4 is 50.6 Å². The van der Waals surface area contributed by atoms with Gasteiger partial charge in [0, 0.05) is 21.6 Å². The van der Waals surface area contributed by atoms with Crippen LogP contribution in [0, 0.1) is 5.82 Å². The number of esters is 1. The molecule has 5 nitrogen and oxygen atoms in total. The number of halogens is 2. The Balaban J connectivity index is 1.98. The molecule has 1 amide bonds. The number of thiophene rings is 1. The quantitative estimate of drug-likeness (QED) is 0.293. The van der Waals surface area contributed by atoms with Gasteiger partial charge in [-0.05, 0) is 60.7 Å². The predicted octanol–water partition coefficient (Wildman–Crippen LogP) is 5.30. The highest BCUT2D eigenvalue weighted by atomic mass is 35.5. The average molecular weight is 447 g/mol. The molecule has 0 aliphatic heterocycles. The van der Waals surface area contributed by atoms with Gasteiger partial charge in [0.15, 0.2) is 0 Å². The summed E-state index contributed by atoms with van der Waals surface area (Å²) in [6.07, 6.45) is -0.00246. The Labute approximate surface area is 182 Å². The number of rotatable bonds is 6. The van der Waals surface area contributed by atoms with Gasteiger partial charge in [0.2, 0.25) is 5.91 Å². The van der Waals surface area contributed by atoms with Crippen LogP contribution in [-0.2, 0) is 20.7 Å². The molecule has 0 radical (unpaired) electrons. The molecule has 3 aromatic rings. The van der Waals surface area contributed by atoms with Crippen molar-refractivity contribution in [3.8, 4) is 10.4 Å². The SMILES string of the molecule is CCOC(=O)C(C)=NN(C)C(=O)Cc1c(-c2ccc(Cl)cc2)sc2ccc(F)cc12. The second kappa shape index (κ2) is 9.36. The van der Waals surface area contributed by atoms with Crippen molar-refractivity contribution in [2.45, 2.75) is 20.3 Å². The Morgan fingerprint density at radius 2 is 1.90 bits per heavy atom. The van der Waals surface area contributed by atoms with E-state index in [1.807, 2.05) is 12.1 Å². The van der Waals surface area contributed by atoms with Crippen molar-refractivity contribution in [3.63, 3.8) is 0 Å². The van der Waals surface area contributed by atoms with E-state index in [-0.39, 0.29) is 30.5 Å². The van der Waals surface area contributed by atoms with E-state index in [1.54, 1.807) is 25.1 Å². The third-order valence-electron chi connectivity index (χ3n) is 4.42. The molecule has 0 N–H and O–H groups in total. The van der Waals surface area contributed by atoms with Gasteiger partial charge in [0.25, 0.3) is 0 Å². The van der Waals surface area contributed by atoms with E-state index in [4.69, 9.17) is 16.3 Å². The third kappa shape index (κ3) is 4.86. The number of ether oxygens (including phenoxy) is 1. The summed E-state index contributed by atoms with van der Waals surface area (Å²) in [7, 11) is 1.47. The second-order valence-corrected chi connectivity index (χ2v) is 8.05. The molecule has 0 bridgehead atoms. The van der Waals surface area contributed by atoms with Gasteiger partial charge in [-0.1, -0.05) is 23.7 Å². The van der Waals surface area contributed by atoms with Crippen LogP contribution < -0.4 is 0 Å². The molecule has 0 spiro atoms. The zero-order chi connectivity index (χ0) is 21.8. The largest absolute Gasteiger partial charge is 0.461 e. The zero-order valence-corrected chi connectivity index (χ0v) is 18.3. The van der Waals surface area contributed by atoms with Crippen LogP contribution in [0.3, 0.4) is 0 Å². The summed E-state index contributed by atoms with van der Waals surface area (Å²) in [5.74, 6) is -1.29. The Morgan fingerprint density at radius 1 is 1.20 bits per heavy atom. The minimum Gasteiger partial charge on any atom is -0.461 e. The van der Waals surface area contributed by atoms with E-state index in [1.165, 1.54) is 37.4 Å². The molecule has 0 fully saturated rings. The lowest BCUT2D eigenvalue weighted by atomic mass is 10.0. The van der Waals surface area contributed by atoms with Crippen LogP contribution in [0.4, 0.5) is 4.39 Å². The standard InChI is InChI=1S/C22H20ClFN2O3S/c1-4-29-22(28)13(2)25-26(3)20(27)12-18-17-11-16(24)9-10-19(17)30-21(18)14-5-7-15(23)8-6-14/h5-11H,4,12H2,1-3H3. The van der Waals surface area contributed by atoms with Crippen molar-refractivity contribution in [1.82, 2.24) is 5.01 Å². The van der Waals surface area contributed by atoms with E-state index in [0.717, 1.165) is 20.1 Å². The van der Waals surface area contributed by atoms with Gasteiger partial charge >= 0.3 is 5.97 Å². The molecule has 0 aliphatic carbocycles. The van der Waals surface area contributed by atoms with Gasteiger partial charge in [0.1, 0.15) is 11.5 Å². The monoisotopic (exact) mass is 446 g/mol. The molecule has 0 saturated carbocycles. The first-order valence-electron chi connectivity index (χ1n) is 9.26. The zero-order valence-electron chi connectivity index (χ0n) is 16.7. The number of nitrogens with zero attached hydrogens (tertiary/aromatic N) is 2. The minimum absolute atomic E-state index is 0.00246. The van der Waals surface area contributed by atoms with Crippen molar-refractivity contribution in [2.75, 3.05) is 13.7 Å². The van der Waals surface area contributed by atoms with Crippen molar-refractivity contribution in [2.24, 2.45) is 5.10 Å². The number of carbonyl (C=O) groups is 2. The highest BCUT2D eigenvalue weighted by molar-refractivity contribution is 7.22. The molecule has 156 valence electrons. The number of fused-ring (bicyclic) bond motifs is 1. The molecule has 8 heteroatoms. The molecular formula is C22H20ClFN2O3S. The van der Waals surface area contributed by atoms with Crippen LogP contribution in [0.1, 0.15) is 19.4 Å². The van der Waals surface area contributed by atoms with Gasteiger partial charge < -0.3 is 4.74 Å². The topological polar surface area (TPSA) is 59.0 Å². The fraction of sp³-hybridized carbons (Fsp3) is 0.227. The molecule has 0 aliphatic rings. The van der Waals surface area contributed by atoms with Gasteiger partial charge in [-0.3, -0.25) is 4.79 Å². The fourth-order valence-corrected chi connectivity index (χ4v) is 4.29. The van der Waals surface area contributed by atoms with Crippen LogP contribution >= 0.6 is 22.9 Å². The van der Waals surface area contributed by atoms with E-state index in [9.17, 15) is 14.0 Å². The molecule has 3 rings (SSSR count). The summed E-state index contributed by atoms with van der Waals surface area (Å²) >= 11 is 7.48. The van der Waals surface area contributed by atoms with E-state index >= 15 is 0 Å². The van der Waals surface area contributed by atoms with E-state index < -0.39 is 5.97 Å². The summed E-state index contributed by atoms with van der Waals surface area (Å²) in [6.45, 7) is 3.40. The van der Waals surface area contributed by atoms with E-state index in [2.05, 4.69) is 5.10 Å². The maximum Gasteiger partial charge on any atom is 0.354 e. The highest BCUT2D eigenvalue weighted by Crippen LogP contribution is 2.39. The number of benzene rings is 2. The Kier molecular flexibility index (Phi) is 6.84. The van der Waals surface area contributed by atoms with Crippen LogP contribution in [-0.4, -0.2) is 36.3 Å². The molecule has 0 atom stereocenters. The molecule has 1 heterocycles. The molecule has 0 saturated heterocycles. The lowest BCUT2D eigenvalue weighted by Gasteiger charge is -2.13. The average Bonchev–Trinajstić information content (AvgIpc) is 3.06. The Hall–Kier alpha value is -2.77. The second-order valence-electron chi connectivity index (χ2n) is 6.56. The normalized spacial score (nSPS) is 11.6. The first-order valence-corrected chi connectivity index (χ1v) is 10.4. The summed E-state index contributed by atoms with van der Waals surface area (Å²) < 4.78 is 19.7.